The van der Waals surface area contributed by atoms with E-state index in [1.54, 1.807) is 0 Å². The van der Waals surface area contributed by atoms with E-state index in [0.717, 1.165) is 13.1 Å². The van der Waals surface area contributed by atoms with Gasteiger partial charge in [0.1, 0.15) is 5.78 Å². The number of rotatable bonds is 0. The zero-order valence-corrected chi connectivity index (χ0v) is 5.98. The average Bonchev–Trinajstić information content (AvgIpc) is 1.83. The first-order chi connectivity index (χ1) is 4.22. The minimum atomic E-state index is 0.230. The lowest BCUT2D eigenvalue weighted by atomic mass is 9.92. The molecule has 0 saturated carbocycles. The fraction of sp³-hybridized carbons (Fsp3) is 0.857. The van der Waals surface area contributed by atoms with Gasteiger partial charge in [0.2, 0.25) is 0 Å². The van der Waals surface area contributed by atoms with Crippen molar-refractivity contribution in [2.75, 3.05) is 13.1 Å². The molecule has 0 aliphatic carbocycles. The summed E-state index contributed by atoms with van der Waals surface area (Å²) >= 11 is 0. The summed E-state index contributed by atoms with van der Waals surface area (Å²) < 4.78 is 0. The van der Waals surface area contributed by atoms with E-state index in [1.807, 2.05) is 13.8 Å². The van der Waals surface area contributed by atoms with Crippen molar-refractivity contribution >= 4 is 5.78 Å². The third-order valence-corrected chi connectivity index (χ3v) is 1.87. The van der Waals surface area contributed by atoms with E-state index in [2.05, 4.69) is 5.32 Å². The lowest BCUT2D eigenvalue weighted by Gasteiger charge is -2.22. The molecule has 52 valence electrons. The second-order valence-electron chi connectivity index (χ2n) is 2.86. The summed E-state index contributed by atoms with van der Waals surface area (Å²) in [5.41, 5.74) is 0. The standard InChI is InChI=1S/C7H13NO/c1-5-3-8-4-6(2)7(5)9/h5-6,8H,3-4H2,1-2H3. The van der Waals surface area contributed by atoms with Crippen molar-refractivity contribution in [2.45, 2.75) is 13.8 Å². The highest BCUT2D eigenvalue weighted by molar-refractivity contribution is 5.83. The Morgan fingerprint density at radius 1 is 1.33 bits per heavy atom. The largest absolute Gasteiger partial charge is 0.315 e. The molecule has 1 saturated heterocycles. The van der Waals surface area contributed by atoms with Gasteiger partial charge >= 0.3 is 0 Å². The maximum absolute atomic E-state index is 11.1. The molecule has 1 aliphatic heterocycles. The Bertz CT molecular complexity index is 110. The molecular formula is C7H13NO. The van der Waals surface area contributed by atoms with Crippen molar-refractivity contribution < 1.29 is 4.79 Å². The summed E-state index contributed by atoms with van der Waals surface area (Å²) in [6.45, 7) is 5.68. The van der Waals surface area contributed by atoms with Gasteiger partial charge in [0.25, 0.3) is 0 Å². The zero-order chi connectivity index (χ0) is 6.85. The van der Waals surface area contributed by atoms with E-state index < -0.39 is 0 Å². The lowest BCUT2D eigenvalue weighted by molar-refractivity contribution is -0.127. The first-order valence-electron chi connectivity index (χ1n) is 3.46. The molecule has 0 amide bonds. The predicted octanol–water partition coefficient (Wildman–Crippen LogP) is 0.431. The van der Waals surface area contributed by atoms with Crippen molar-refractivity contribution in [3.8, 4) is 0 Å². The van der Waals surface area contributed by atoms with Crippen LogP contribution < -0.4 is 5.32 Å². The molecule has 0 spiro atoms. The van der Waals surface area contributed by atoms with Crippen LogP contribution in [0.2, 0.25) is 0 Å². The highest BCUT2D eigenvalue weighted by atomic mass is 16.1. The molecule has 2 heteroatoms. The van der Waals surface area contributed by atoms with Crippen molar-refractivity contribution in [1.29, 1.82) is 0 Å². The summed E-state index contributed by atoms with van der Waals surface area (Å²) in [5.74, 6) is 0.872. The topological polar surface area (TPSA) is 29.1 Å². The number of hydrogen-bond donors (Lipinski definition) is 1. The molecule has 1 aliphatic rings. The van der Waals surface area contributed by atoms with Gasteiger partial charge in [0, 0.05) is 24.9 Å². The molecule has 0 radical (unpaired) electrons. The number of piperidine rings is 1. The van der Waals surface area contributed by atoms with Gasteiger partial charge in [-0.15, -0.1) is 0 Å². The molecular weight excluding hydrogens is 114 g/mol. The number of Topliss-reactive ketones (excluding diaryl/α,β-unsaturated/α-hetero) is 1. The van der Waals surface area contributed by atoms with E-state index in [1.165, 1.54) is 0 Å². The summed E-state index contributed by atoms with van der Waals surface area (Å²) in [6, 6.07) is 0. The number of hydrogen-bond acceptors (Lipinski definition) is 2. The van der Waals surface area contributed by atoms with Crippen molar-refractivity contribution in [2.24, 2.45) is 11.8 Å². The summed E-state index contributed by atoms with van der Waals surface area (Å²) in [5, 5.41) is 3.19. The van der Waals surface area contributed by atoms with E-state index in [4.69, 9.17) is 0 Å². The van der Waals surface area contributed by atoms with E-state index in [-0.39, 0.29) is 11.8 Å². The molecule has 0 aromatic heterocycles. The maximum atomic E-state index is 11.1. The number of ketones is 1. The highest BCUT2D eigenvalue weighted by Gasteiger charge is 2.23. The van der Waals surface area contributed by atoms with Gasteiger partial charge < -0.3 is 5.32 Å². The van der Waals surface area contributed by atoms with Crippen molar-refractivity contribution in [1.82, 2.24) is 5.32 Å². The first-order valence-corrected chi connectivity index (χ1v) is 3.46. The molecule has 1 N–H and O–H groups in total. The Hall–Kier alpha value is -0.370. The summed E-state index contributed by atoms with van der Waals surface area (Å²) in [6.07, 6.45) is 0. The van der Waals surface area contributed by atoms with Crippen molar-refractivity contribution in [3.63, 3.8) is 0 Å². The van der Waals surface area contributed by atoms with Crippen LogP contribution in [0.3, 0.4) is 0 Å². The van der Waals surface area contributed by atoms with Gasteiger partial charge in [-0.2, -0.15) is 0 Å². The minimum absolute atomic E-state index is 0.230. The Kier molecular flexibility index (Phi) is 1.86. The van der Waals surface area contributed by atoms with Gasteiger partial charge in [-0.25, -0.2) is 0 Å². The molecule has 0 bridgehead atoms. The SMILES string of the molecule is CC1CNCC(C)C1=O. The van der Waals surface area contributed by atoms with E-state index >= 15 is 0 Å². The first kappa shape index (κ1) is 6.75. The van der Waals surface area contributed by atoms with Crippen LogP contribution in [0, 0.1) is 11.8 Å². The van der Waals surface area contributed by atoms with E-state index in [9.17, 15) is 4.79 Å². The monoisotopic (exact) mass is 127 g/mol. The number of carbonyl (C=O) groups excluding carboxylic acids is 1. The van der Waals surface area contributed by atoms with Crippen LogP contribution in [0.4, 0.5) is 0 Å². The Labute approximate surface area is 55.6 Å². The van der Waals surface area contributed by atoms with Crippen molar-refractivity contribution in [3.05, 3.63) is 0 Å². The molecule has 0 aromatic carbocycles. The van der Waals surface area contributed by atoms with Crippen LogP contribution in [0.25, 0.3) is 0 Å². The molecule has 1 rings (SSSR count). The number of nitrogens with one attached hydrogen (secondary N) is 1. The molecule has 0 aromatic rings. The Balaban J connectivity index is 2.52. The Morgan fingerprint density at radius 3 is 2.11 bits per heavy atom. The summed E-state index contributed by atoms with van der Waals surface area (Å²) in [7, 11) is 0. The van der Waals surface area contributed by atoms with Crippen LogP contribution >= 0.6 is 0 Å². The van der Waals surface area contributed by atoms with Crippen LogP contribution in [0.1, 0.15) is 13.8 Å². The highest BCUT2D eigenvalue weighted by Crippen LogP contribution is 2.09. The smallest absolute Gasteiger partial charge is 0.141 e. The van der Waals surface area contributed by atoms with Gasteiger partial charge in [-0.3, -0.25) is 4.79 Å². The fourth-order valence-corrected chi connectivity index (χ4v) is 1.20. The van der Waals surface area contributed by atoms with Gasteiger partial charge in [-0.1, -0.05) is 13.8 Å². The van der Waals surface area contributed by atoms with Crippen LogP contribution in [-0.2, 0) is 4.79 Å². The second-order valence-corrected chi connectivity index (χ2v) is 2.86. The molecule has 1 fully saturated rings. The lowest BCUT2D eigenvalue weighted by Crippen LogP contribution is -2.41. The van der Waals surface area contributed by atoms with E-state index in [0.29, 0.717) is 5.78 Å². The maximum Gasteiger partial charge on any atom is 0.141 e. The van der Waals surface area contributed by atoms with Gasteiger partial charge in [-0.05, 0) is 0 Å². The average molecular weight is 127 g/mol. The Morgan fingerprint density at radius 2 is 1.78 bits per heavy atom. The van der Waals surface area contributed by atoms with Crippen LogP contribution in [0.5, 0.6) is 0 Å². The third kappa shape index (κ3) is 1.30. The van der Waals surface area contributed by atoms with Gasteiger partial charge in [0.05, 0.1) is 0 Å². The molecule has 2 atom stereocenters. The second kappa shape index (κ2) is 2.48. The molecule has 2 unspecified atom stereocenters. The van der Waals surface area contributed by atoms with Crippen LogP contribution in [0.15, 0.2) is 0 Å². The molecule has 9 heavy (non-hydrogen) atoms. The predicted molar refractivity (Wildman–Crippen MR) is 36.2 cm³/mol. The quantitative estimate of drug-likeness (QED) is 0.511. The molecule has 1 heterocycles. The number of carbonyl (C=O) groups is 1. The third-order valence-electron chi connectivity index (χ3n) is 1.87. The molecule has 2 nitrogen and oxygen atoms in total. The fourth-order valence-electron chi connectivity index (χ4n) is 1.20. The van der Waals surface area contributed by atoms with Gasteiger partial charge in [0.15, 0.2) is 0 Å². The summed E-state index contributed by atoms with van der Waals surface area (Å²) in [4.78, 5) is 11.1. The zero-order valence-electron chi connectivity index (χ0n) is 5.98. The normalized spacial score (nSPS) is 36.9. The van der Waals surface area contributed by atoms with Crippen LogP contribution in [-0.4, -0.2) is 18.9 Å². The minimum Gasteiger partial charge on any atom is -0.315 e.